The summed E-state index contributed by atoms with van der Waals surface area (Å²) in [5, 5.41) is 11.2. The fourth-order valence-electron chi connectivity index (χ4n) is 1.69. The molecule has 0 unspecified atom stereocenters. The predicted molar refractivity (Wildman–Crippen MR) is 73.0 cm³/mol. The zero-order chi connectivity index (χ0) is 13.5. The molecule has 6 heteroatoms. The van der Waals surface area contributed by atoms with E-state index in [9.17, 15) is 0 Å². The lowest BCUT2D eigenvalue weighted by Gasteiger charge is -2.11. The Morgan fingerprint density at radius 3 is 3.05 bits per heavy atom. The van der Waals surface area contributed by atoms with Gasteiger partial charge in [-0.25, -0.2) is 4.98 Å². The van der Waals surface area contributed by atoms with Crippen LogP contribution < -0.4 is 10.1 Å². The van der Waals surface area contributed by atoms with E-state index in [1.54, 1.807) is 12.5 Å². The van der Waals surface area contributed by atoms with Gasteiger partial charge in [-0.3, -0.25) is 0 Å². The molecule has 6 nitrogen and oxygen atoms in total. The van der Waals surface area contributed by atoms with Gasteiger partial charge in [-0.1, -0.05) is 6.92 Å². The Morgan fingerprint density at radius 2 is 2.26 bits per heavy atom. The molecule has 19 heavy (non-hydrogen) atoms. The third-order valence-corrected chi connectivity index (χ3v) is 2.68. The van der Waals surface area contributed by atoms with Crippen molar-refractivity contribution in [3.63, 3.8) is 0 Å². The molecule has 0 aliphatic rings. The van der Waals surface area contributed by atoms with Gasteiger partial charge in [-0.05, 0) is 25.5 Å². The molecule has 0 spiro atoms. The fourth-order valence-corrected chi connectivity index (χ4v) is 1.69. The van der Waals surface area contributed by atoms with E-state index in [0.29, 0.717) is 13.2 Å². The Hall–Kier alpha value is -2.11. The van der Waals surface area contributed by atoms with Crippen molar-refractivity contribution in [1.29, 1.82) is 0 Å². The summed E-state index contributed by atoms with van der Waals surface area (Å²) in [6, 6.07) is 3.78. The second-order valence-electron chi connectivity index (χ2n) is 4.09. The Bertz CT molecular complexity index is 511. The summed E-state index contributed by atoms with van der Waals surface area (Å²) >= 11 is 0. The minimum absolute atomic E-state index is 0.577. The van der Waals surface area contributed by atoms with E-state index in [1.807, 2.05) is 16.7 Å². The van der Waals surface area contributed by atoms with E-state index in [-0.39, 0.29) is 0 Å². The normalized spacial score (nSPS) is 10.4. The number of rotatable bonds is 7. The van der Waals surface area contributed by atoms with E-state index in [4.69, 9.17) is 4.74 Å². The highest BCUT2D eigenvalue weighted by Gasteiger charge is 2.06. The zero-order valence-electron chi connectivity index (χ0n) is 11.3. The van der Waals surface area contributed by atoms with Crippen molar-refractivity contribution < 1.29 is 4.74 Å². The van der Waals surface area contributed by atoms with Crippen molar-refractivity contribution in [1.82, 2.24) is 19.7 Å². The SMILES string of the molecule is CCCOc1cccnc1NCc1nncn1CC. The van der Waals surface area contributed by atoms with Gasteiger partial charge in [0.25, 0.3) is 0 Å². The molecule has 0 saturated carbocycles. The predicted octanol–water partition coefficient (Wildman–Crippen LogP) is 2.09. The van der Waals surface area contributed by atoms with Crippen LogP contribution in [0.25, 0.3) is 0 Å². The fraction of sp³-hybridized carbons (Fsp3) is 0.462. The molecule has 2 aromatic heterocycles. The van der Waals surface area contributed by atoms with Crippen molar-refractivity contribution in [2.75, 3.05) is 11.9 Å². The first-order valence-corrected chi connectivity index (χ1v) is 6.53. The van der Waals surface area contributed by atoms with E-state index < -0.39 is 0 Å². The maximum absolute atomic E-state index is 5.64. The van der Waals surface area contributed by atoms with Crippen molar-refractivity contribution >= 4 is 5.82 Å². The number of nitrogens with zero attached hydrogens (tertiary/aromatic N) is 4. The highest BCUT2D eigenvalue weighted by atomic mass is 16.5. The maximum Gasteiger partial charge on any atom is 0.169 e. The number of pyridine rings is 1. The van der Waals surface area contributed by atoms with E-state index in [0.717, 1.165) is 30.4 Å². The molecule has 0 amide bonds. The summed E-state index contributed by atoms with van der Waals surface area (Å²) in [5.74, 6) is 2.39. The van der Waals surface area contributed by atoms with E-state index >= 15 is 0 Å². The van der Waals surface area contributed by atoms with Gasteiger partial charge in [-0.15, -0.1) is 10.2 Å². The highest BCUT2D eigenvalue weighted by Crippen LogP contribution is 2.21. The summed E-state index contributed by atoms with van der Waals surface area (Å²) in [5.41, 5.74) is 0. The largest absolute Gasteiger partial charge is 0.490 e. The number of hydrogen-bond donors (Lipinski definition) is 1. The Balaban J connectivity index is 2.02. The minimum Gasteiger partial charge on any atom is -0.490 e. The minimum atomic E-state index is 0.577. The molecule has 0 aliphatic carbocycles. The van der Waals surface area contributed by atoms with Crippen molar-refractivity contribution in [2.24, 2.45) is 0 Å². The van der Waals surface area contributed by atoms with Gasteiger partial charge in [0.1, 0.15) is 6.33 Å². The Labute approximate surface area is 112 Å². The zero-order valence-corrected chi connectivity index (χ0v) is 11.3. The molecular weight excluding hydrogens is 242 g/mol. The molecule has 0 radical (unpaired) electrons. The van der Waals surface area contributed by atoms with Crippen LogP contribution in [-0.4, -0.2) is 26.4 Å². The van der Waals surface area contributed by atoms with Crippen LogP contribution in [0.3, 0.4) is 0 Å². The molecule has 0 atom stereocenters. The molecule has 2 rings (SSSR count). The number of nitrogens with one attached hydrogen (secondary N) is 1. The highest BCUT2D eigenvalue weighted by molar-refractivity contribution is 5.49. The summed E-state index contributed by atoms with van der Waals surface area (Å²) in [4.78, 5) is 4.29. The van der Waals surface area contributed by atoms with Gasteiger partial charge in [-0.2, -0.15) is 0 Å². The molecule has 102 valence electrons. The average molecular weight is 261 g/mol. The van der Waals surface area contributed by atoms with E-state index in [1.165, 1.54) is 0 Å². The second kappa shape index (κ2) is 6.72. The van der Waals surface area contributed by atoms with Crippen molar-refractivity contribution in [3.8, 4) is 5.75 Å². The van der Waals surface area contributed by atoms with Crippen LogP contribution in [0, 0.1) is 0 Å². The van der Waals surface area contributed by atoms with Crippen LogP contribution >= 0.6 is 0 Å². The lowest BCUT2D eigenvalue weighted by molar-refractivity contribution is 0.317. The first-order chi connectivity index (χ1) is 9.35. The van der Waals surface area contributed by atoms with Crippen molar-refractivity contribution in [2.45, 2.75) is 33.4 Å². The monoisotopic (exact) mass is 261 g/mol. The summed E-state index contributed by atoms with van der Waals surface area (Å²) < 4.78 is 7.63. The Kier molecular flexibility index (Phi) is 4.72. The van der Waals surface area contributed by atoms with Crippen LogP contribution in [0.15, 0.2) is 24.7 Å². The third-order valence-electron chi connectivity index (χ3n) is 2.68. The third kappa shape index (κ3) is 3.43. The number of aromatic nitrogens is 4. The van der Waals surface area contributed by atoms with Crippen LogP contribution in [0.4, 0.5) is 5.82 Å². The first kappa shape index (κ1) is 13.3. The van der Waals surface area contributed by atoms with Gasteiger partial charge in [0.2, 0.25) is 0 Å². The number of anilines is 1. The maximum atomic E-state index is 5.64. The van der Waals surface area contributed by atoms with Crippen LogP contribution in [0.1, 0.15) is 26.1 Å². The van der Waals surface area contributed by atoms with Crippen LogP contribution in [0.2, 0.25) is 0 Å². The molecule has 0 aliphatic heterocycles. The molecule has 0 fully saturated rings. The first-order valence-electron chi connectivity index (χ1n) is 6.53. The topological polar surface area (TPSA) is 64.9 Å². The molecule has 1 N–H and O–H groups in total. The summed E-state index contributed by atoms with van der Waals surface area (Å²) in [7, 11) is 0. The smallest absolute Gasteiger partial charge is 0.169 e. The quantitative estimate of drug-likeness (QED) is 0.826. The molecular formula is C13H19N5O. The lowest BCUT2D eigenvalue weighted by Crippen LogP contribution is -2.09. The second-order valence-corrected chi connectivity index (χ2v) is 4.09. The van der Waals surface area contributed by atoms with Crippen molar-refractivity contribution in [3.05, 3.63) is 30.5 Å². The lowest BCUT2D eigenvalue weighted by atomic mass is 10.4. The number of aryl methyl sites for hydroxylation is 1. The number of ether oxygens (including phenoxy) is 1. The van der Waals surface area contributed by atoms with Crippen LogP contribution in [0.5, 0.6) is 5.75 Å². The molecule has 2 aromatic rings. The molecule has 2 heterocycles. The molecule has 0 bridgehead atoms. The van der Waals surface area contributed by atoms with Gasteiger partial charge in [0.05, 0.1) is 13.2 Å². The standard InChI is InChI=1S/C13H19N5O/c1-3-8-19-11-6-5-7-14-13(11)15-9-12-17-16-10-18(12)4-2/h5-7,10H,3-4,8-9H2,1-2H3,(H,14,15). The van der Waals surface area contributed by atoms with Gasteiger partial charge >= 0.3 is 0 Å². The Morgan fingerprint density at radius 1 is 1.37 bits per heavy atom. The summed E-state index contributed by atoms with van der Waals surface area (Å²) in [6.45, 7) is 6.25. The average Bonchev–Trinajstić information content (AvgIpc) is 2.91. The van der Waals surface area contributed by atoms with Gasteiger partial charge in [0.15, 0.2) is 17.4 Å². The molecule has 0 saturated heterocycles. The summed E-state index contributed by atoms with van der Waals surface area (Å²) in [6.07, 6.45) is 4.44. The van der Waals surface area contributed by atoms with Gasteiger partial charge in [0, 0.05) is 12.7 Å². The van der Waals surface area contributed by atoms with Crippen LogP contribution in [-0.2, 0) is 13.1 Å². The van der Waals surface area contributed by atoms with E-state index in [2.05, 4.69) is 34.3 Å². The van der Waals surface area contributed by atoms with Gasteiger partial charge < -0.3 is 14.6 Å². The molecule has 0 aromatic carbocycles. The number of hydrogen-bond acceptors (Lipinski definition) is 5.